The summed E-state index contributed by atoms with van der Waals surface area (Å²) >= 11 is 0. The highest BCUT2D eigenvalue weighted by molar-refractivity contribution is 5.58. The van der Waals surface area contributed by atoms with Crippen LogP contribution in [0, 0.1) is 6.92 Å². The number of nitrogens with one attached hydrogen (secondary N) is 1. The summed E-state index contributed by atoms with van der Waals surface area (Å²) in [4.78, 5) is 0. The van der Waals surface area contributed by atoms with Gasteiger partial charge >= 0.3 is 0 Å². The molecule has 20 heavy (non-hydrogen) atoms. The van der Waals surface area contributed by atoms with Crippen molar-refractivity contribution in [3.63, 3.8) is 0 Å². The van der Waals surface area contributed by atoms with Gasteiger partial charge in [0.1, 0.15) is 11.5 Å². The second-order valence-corrected chi connectivity index (χ2v) is 4.60. The predicted molar refractivity (Wildman–Crippen MR) is 82.7 cm³/mol. The molecule has 2 aromatic carbocycles. The molecule has 0 bridgehead atoms. The summed E-state index contributed by atoms with van der Waals surface area (Å²) in [5.41, 5.74) is 3.31. The Labute approximate surface area is 120 Å². The minimum absolute atomic E-state index is 0.671. The van der Waals surface area contributed by atoms with Gasteiger partial charge in [0.2, 0.25) is 0 Å². The van der Waals surface area contributed by atoms with Crippen LogP contribution in [0.3, 0.4) is 0 Å². The predicted octanol–water partition coefficient (Wildman–Crippen LogP) is 4.01. The molecular formula is C17H21NO2. The maximum atomic E-state index is 5.63. The fraction of sp³-hybridized carbons (Fsp3) is 0.294. The van der Waals surface area contributed by atoms with Gasteiger partial charge in [0.05, 0.1) is 19.4 Å². The van der Waals surface area contributed by atoms with Gasteiger partial charge < -0.3 is 14.8 Å². The summed E-state index contributed by atoms with van der Waals surface area (Å²) in [6.45, 7) is 5.42. The average Bonchev–Trinajstić information content (AvgIpc) is 2.47. The van der Waals surface area contributed by atoms with Crippen molar-refractivity contribution < 1.29 is 9.47 Å². The SMILES string of the molecule is CCOc1ccccc1CNc1ccc(C)cc1OC. The highest BCUT2D eigenvalue weighted by atomic mass is 16.5. The molecule has 0 unspecified atom stereocenters. The highest BCUT2D eigenvalue weighted by Gasteiger charge is 2.05. The Hall–Kier alpha value is -2.16. The fourth-order valence-electron chi connectivity index (χ4n) is 2.08. The van der Waals surface area contributed by atoms with Crippen LogP contribution < -0.4 is 14.8 Å². The molecule has 0 heterocycles. The van der Waals surface area contributed by atoms with Crippen molar-refractivity contribution in [2.24, 2.45) is 0 Å². The van der Waals surface area contributed by atoms with Crippen LogP contribution >= 0.6 is 0 Å². The summed E-state index contributed by atoms with van der Waals surface area (Å²) in [5.74, 6) is 1.78. The number of benzene rings is 2. The molecule has 0 aliphatic carbocycles. The van der Waals surface area contributed by atoms with Gasteiger partial charge in [0, 0.05) is 12.1 Å². The molecule has 2 rings (SSSR count). The largest absolute Gasteiger partial charge is 0.495 e. The van der Waals surface area contributed by atoms with E-state index >= 15 is 0 Å². The molecule has 0 aliphatic rings. The van der Waals surface area contributed by atoms with Gasteiger partial charge in [-0.15, -0.1) is 0 Å². The molecule has 2 aromatic rings. The number of hydrogen-bond acceptors (Lipinski definition) is 3. The van der Waals surface area contributed by atoms with Crippen molar-refractivity contribution in [1.82, 2.24) is 0 Å². The van der Waals surface area contributed by atoms with E-state index in [2.05, 4.69) is 24.4 Å². The third kappa shape index (κ3) is 3.44. The Balaban J connectivity index is 2.13. The van der Waals surface area contributed by atoms with Gasteiger partial charge in [0.15, 0.2) is 0 Å². The molecule has 1 N–H and O–H groups in total. The van der Waals surface area contributed by atoms with Crippen LogP contribution in [0.25, 0.3) is 0 Å². The number of para-hydroxylation sites is 1. The lowest BCUT2D eigenvalue weighted by molar-refractivity contribution is 0.337. The fourth-order valence-corrected chi connectivity index (χ4v) is 2.08. The van der Waals surface area contributed by atoms with Gasteiger partial charge in [-0.1, -0.05) is 24.3 Å². The monoisotopic (exact) mass is 271 g/mol. The Morgan fingerprint density at radius 3 is 2.60 bits per heavy atom. The van der Waals surface area contributed by atoms with E-state index in [9.17, 15) is 0 Å². The zero-order valence-corrected chi connectivity index (χ0v) is 12.3. The van der Waals surface area contributed by atoms with E-state index in [0.29, 0.717) is 13.2 Å². The van der Waals surface area contributed by atoms with Crippen LogP contribution in [-0.2, 0) is 6.54 Å². The van der Waals surface area contributed by atoms with Crippen LogP contribution in [0.1, 0.15) is 18.1 Å². The molecular weight excluding hydrogens is 250 g/mol. The number of ether oxygens (including phenoxy) is 2. The first kappa shape index (κ1) is 14.3. The minimum Gasteiger partial charge on any atom is -0.495 e. The molecule has 0 amide bonds. The van der Waals surface area contributed by atoms with Crippen LogP contribution in [0.4, 0.5) is 5.69 Å². The summed E-state index contributed by atoms with van der Waals surface area (Å²) in [5, 5.41) is 3.40. The molecule has 0 fully saturated rings. The van der Waals surface area contributed by atoms with Crippen molar-refractivity contribution in [2.75, 3.05) is 19.0 Å². The molecule has 0 saturated carbocycles. The van der Waals surface area contributed by atoms with Crippen molar-refractivity contribution in [3.05, 3.63) is 53.6 Å². The van der Waals surface area contributed by atoms with Crippen molar-refractivity contribution in [1.29, 1.82) is 0 Å². The first-order chi connectivity index (χ1) is 9.74. The van der Waals surface area contributed by atoms with Crippen LogP contribution in [0.5, 0.6) is 11.5 Å². The third-order valence-electron chi connectivity index (χ3n) is 3.10. The first-order valence-corrected chi connectivity index (χ1v) is 6.83. The highest BCUT2D eigenvalue weighted by Crippen LogP contribution is 2.27. The van der Waals surface area contributed by atoms with E-state index in [0.717, 1.165) is 22.7 Å². The lowest BCUT2D eigenvalue weighted by atomic mass is 10.1. The van der Waals surface area contributed by atoms with Gasteiger partial charge in [-0.2, -0.15) is 0 Å². The number of rotatable bonds is 6. The van der Waals surface area contributed by atoms with Gasteiger partial charge in [-0.05, 0) is 37.6 Å². The quantitative estimate of drug-likeness (QED) is 0.861. The Kier molecular flexibility index (Phi) is 4.88. The van der Waals surface area contributed by atoms with Crippen molar-refractivity contribution in [3.8, 4) is 11.5 Å². The average molecular weight is 271 g/mol. The van der Waals surface area contributed by atoms with Crippen LogP contribution in [0.15, 0.2) is 42.5 Å². The van der Waals surface area contributed by atoms with E-state index in [-0.39, 0.29) is 0 Å². The van der Waals surface area contributed by atoms with Gasteiger partial charge in [-0.25, -0.2) is 0 Å². The van der Waals surface area contributed by atoms with Gasteiger partial charge in [-0.3, -0.25) is 0 Å². The Morgan fingerprint density at radius 1 is 1.05 bits per heavy atom. The van der Waals surface area contributed by atoms with Crippen LogP contribution in [-0.4, -0.2) is 13.7 Å². The first-order valence-electron chi connectivity index (χ1n) is 6.83. The zero-order valence-electron chi connectivity index (χ0n) is 12.3. The maximum absolute atomic E-state index is 5.63. The molecule has 0 aromatic heterocycles. The topological polar surface area (TPSA) is 30.5 Å². The standard InChI is InChI=1S/C17H21NO2/c1-4-20-16-8-6-5-7-14(16)12-18-15-10-9-13(2)11-17(15)19-3/h5-11,18H,4,12H2,1-3H3. The second-order valence-electron chi connectivity index (χ2n) is 4.60. The van der Waals surface area contributed by atoms with E-state index in [4.69, 9.17) is 9.47 Å². The van der Waals surface area contributed by atoms with E-state index in [1.807, 2.05) is 37.3 Å². The van der Waals surface area contributed by atoms with Crippen molar-refractivity contribution in [2.45, 2.75) is 20.4 Å². The lowest BCUT2D eigenvalue weighted by Gasteiger charge is -2.14. The summed E-state index contributed by atoms with van der Waals surface area (Å²) in [7, 11) is 1.69. The summed E-state index contributed by atoms with van der Waals surface area (Å²) in [6, 6.07) is 14.2. The molecule has 106 valence electrons. The molecule has 0 aliphatic heterocycles. The van der Waals surface area contributed by atoms with E-state index in [1.165, 1.54) is 5.56 Å². The number of anilines is 1. The summed E-state index contributed by atoms with van der Waals surface area (Å²) < 4.78 is 11.0. The second kappa shape index (κ2) is 6.85. The summed E-state index contributed by atoms with van der Waals surface area (Å²) in [6.07, 6.45) is 0. The van der Waals surface area contributed by atoms with Crippen LogP contribution in [0.2, 0.25) is 0 Å². The Morgan fingerprint density at radius 2 is 1.85 bits per heavy atom. The number of methoxy groups -OCH3 is 1. The molecule has 0 spiro atoms. The van der Waals surface area contributed by atoms with E-state index < -0.39 is 0 Å². The minimum atomic E-state index is 0.671. The maximum Gasteiger partial charge on any atom is 0.142 e. The van der Waals surface area contributed by atoms with Crippen molar-refractivity contribution >= 4 is 5.69 Å². The van der Waals surface area contributed by atoms with E-state index in [1.54, 1.807) is 7.11 Å². The molecule has 0 atom stereocenters. The molecule has 3 nitrogen and oxygen atoms in total. The third-order valence-corrected chi connectivity index (χ3v) is 3.10. The zero-order chi connectivity index (χ0) is 14.4. The Bertz CT molecular complexity index is 567. The molecule has 3 heteroatoms. The lowest BCUT2D eigenvalue weighted by Crippen LogP contribution is -2.04. The number of hydrogen-bond donors (Lipinski definition) is 1. The number of aryl methyl sites for hydroxylation is 1. The smallest absolute Gasteiger partial charge is 0.142 e. The normalized spacial score (nSPS) is 10.2. The molecule has 0 saturated heterocycles. The molecule has 0 radical (unpaired) electrons. The van der Waals surface area contributed by atoms with Gasteiger partial charge in [0.25, 0.3) is 0 Å².